The fraction of sp³-hybridized carbons (Fsp3) is 0.222. The third kappa shape index (κ3) is 3.04. The molecule has 1 aromatic rings. The molecule has 70 valence electrons. The third-order valence-electron chi connectivity index (χ3n) is 1.50. The molecule has 1 heterocycles. The lowest BCUT2D eigenvalue weighted by Gasteiger charge is -1.91. The summed E-state index contributed by atoms with van der Waals surface area (Å²) in [4.78, 5) is 12.3. The second-order valence-electron chi connectivity index (χ2n) is 2.48. The second kappa shape index (κ2) is 5.08. The molecule has 0 saturated heterocycles. The van der Waals surface area contributed by atoms with Crippen molar-refractivity contribution in [3.63, 3.8) is 0 Å². The van der Waals surface area contributed by atoms with E-state index in [4.69, 9.17) is 0 Å². The van der Waals surface area contributed by atoms with Gasteiger partial charge >= 0.3 is 0 Å². The summed E-state index contributed by atoms with van der Waals surface area (Å²) in [5.74, 6) is 0.177. The van der Waals surface area contributed by atoms with Crippen LogP contribution >= 0.6 is 43.2 Å². The van der Waals surface area contributed by atoms with E-state index in [9.17, 15) is 4.79 Å². The smallest absolute Gasteiger partial charge is 0.173 e. The van der Waals surface area contributed by atoms with Gasteiger partial charge in [-0.15, -0.1) is 17.9 Å². The highest BCUT2D eigenvalue weighted by Crippen LogP contribution is 2.33. The van der Waals surface area contributed by atoms with Crippen LogP contribution in [-0.2, 0) is 0 Å². The van der Waals surface area contributed by atoms with Gasteiger partial charge in [0.1, 0.15) is 0 Å². The lowest BCUT2D eigenvalue weighted by Crippen LogP contribution is -1.93. The summed E-state index contributed by atoms with van der Waals surface area (Å²) in [7, 11) is 0. The van der Waals surface area contributed by atoms with Crippen LogP contribution in [-0.4, -0.2) is 5.78 Å². The fourth-order valence-corrected chi connectivity index (χ4v) is 2.84. The number of carbonyl (C=O) groups is 1. The lowest BCUT2D eigenvalue weighted by atomic mass is 10.2. The number of Topliss-reactive ketones (excluding diaryl/α,β-unsaturated/α-hetero) is 1. The minimum atomic E-state index is 0.177. The highest BCUT2D eigenvalue weighted by Gasteiger charge is 2.10. The maximum atomic E-state index is 11.5. The molecule has 1 rings (SSSR count). The Balaban J connectivity index is 2.71. The van der Waals surface area contributed by atoms with Crippen LogP contribution in [0.3, 0.4) is 0 Å². The predicted octanol–water partition coefficient (Wildman–Crippen LogP) is 4.42. The van der Waals surface area contributed by atoms with Gasteiger partial charge in [-0.25, -0.2) is 0 Å². The van der Waals surface area contributed by atoms with E-state index in [0.717, 1.165) is 19.6 Å². The normalized spacial score (nSPS) is 10.0. The van der Waals surface area contributed by atoms with Gasteiger partial charge in [-0.3, -0.25) is 4.79 Å². The summed E-state index contributed by atoms with van der Waals surface area (Å²) in [6.45, 7) is 3.58. The van der Waals surface area contributed by atoms with Crippen LogP contribution in [0.15, 0.2) is 27.0 Å². The Bertz CT molecular complexity index is 311. The van der Waals surface area contributed by atoms with E-state index in [0.29, 0.717) is 6.42 Å². The summed E-state index contributed by atoms with van der Waals surface area (Å²) >= 11 is 8.15. The van der Waals surface area contributed by atoms with Crippen molar-refractivity contribution in [2.24, 2.45) is 0 Å². The summed E-state index contributed by atoms with van der Waals surface area (Å²) < 4.78 is 1.91. The average molecular weight is 324 g/mol. The van der Waals surface area contributed by atoms with Crippen LogP contribution in [0.1, 0.15) is 22.5 Å². The highest BCUT2D eigenvalue weighted by atomic mass is 79.9. The molecule has 0 radical (unpaired) electrons. The van der Waals surface area contributed by atoms with Crippen molar-refractivity contribution in [2.45, 2.75) is 12.8 Å². The Labute approximate surface area is 98.1 Å². The van der Waals surface area contributed by atoms with E-state index in [1.165, 1.54) is 11.3 Å². The minimum absolute atomic E-state index is 0.177. The maximum Gasteiger partial charge on any atom is 0.173 e. The molecule has 0 fully saturated rings. The molecule has 0 aliphatic heterocycles. The molecule has 0 aliphatic rings. The molecule has 0 bridgehead atoms. The third-order valence-corrected chi connectivity index (χ3v) is 4.79. The largest absolute Gasteiger partial charge is 0.293 e. The first kappa shape index (κ1) is 11.1. The number of hydrogen-bond donors (Lipinski definition) is 0. The van der Waals surface area contributed by atoms with Crippen molar-refractivity contribution >= 4 is 49.0 Å². The van der Waals surface area contributed by atoms with Crippen molar-refractivity contribution in [1.82, 2.24) is 0 Å². The molecule has 0 aromatic carbocycles. The van der Waals surface area contributed by atoms with Crippen LogP contribution in [0.5, 0.6) is 0 Å². The molecular formula is C9H8Br2OS. The zero-order valence-electron chi connectivity index (χ0n) is 6.85. The van der Waals surface area contributed by atoms with Gasteiger partial charge in [-0.1, -0.05) is 6.08 Å². The average Bonchev–Trinajstić information content (AvgIpc) is 2.43. The first-order chi connectivity index (χ1) is 6.15. The van der Waals surface area contributed by atoms with Crippen molar-refractivity contribution in [3.8, 4) is 0 Å². The van der Waals surface area contributed by atoms with Crippen molar-refractivity contribution in [2.75, 3.05) is 0 Å². The SMILES string of the molecule is C=CCCC(=O)c1cc(Br)c(Br)s1. The topological polar surface area (TPSA) is 17.1 Å². The molecule has 0 aliphatic carbocycles. The molecular weight excluding hydrogens is 316 g/mol. The van der Waals surface area contributed by atoms with E-state index in [-0.39, 0.29) is 5.78 Å². The van der Waals surface area contributed by atoms with Crippen LogP contribution in [0.4, 0.5) is 0 Å². The molecule has 13 heavy (non-hydrogen) atoms. The van der Waals surface area contributed by atoms with E-state index in [1.807, 2.05) is 6.07 Å². The Morgan fingerprint density at radius 3 is 2.77 bits per heavy atom. The molecule has 0 saturated carbocycles. The standard InChI is InChI=1S/C9H8Br2OS/c1-2-3-4-7(12)8-5-6(10)9(11)13-8/h2,5H,1,3-4H2. The number of hydrogen-bond acceptors (Lipinski definition) is 2. The fourth-order valence-electron chi connectivity index (χ4n) is 0.840. The number of ketones is 1. The quantitative estimate of drug-likeness (QED) is 0.592. The van der Waals surface area contributed by atoms with Crippen molar-refractivity contribution in [1.29, 1.82) is 0 Å². The summed E-state index contributed by atoms with van der Waals surface area (Å²) in [5.41, 5.74) is 0. The van der Waals surface area contributed by atoms with Gasteiger partial charge in [0.25, 0.3) is 0 Å². The summed E-state index contributed by atoms with van der Waals surface area (Å²) in [6, 6.07) is 1.85. The Kier molecular flexibility index (Phi) is 4.35. The molecule has 1 nitrogen and oxygen atoms in total. The molecule has 1 aromatic heterocycles. The molecule has 0 atom stereocenters. The zero-order valence-corrected chi connectivity index (χ0v) is 10.8. The van der Waals surface area contributed by atoms with Gasteiger partial charge in [0.15, 0.2) is 5.78 Å². The van der Waals surface area contributed by atoms with Crippen molar-refractivity contribution in [3.05, 3.63) is 31.9 Å². The second-order valence-corrected chi connectivity index (χ2v) is 5.71. The number of thiophene rings is 1. The van der Waals surface area contributed by atoms with Crippen LogP contribution < -0.4 is 0 Å². The minimum Gasteiger partial charge on any atom is -0.293 e. The Morgan fingerprint density at radius 1 is 1.62 bits per heavy atom. The van der Waals surface area contributed by atoms with E-state index >= 15 is 0 Å². The van der Waals surface area contributed by atoms with Crippen LogP contribution in [0.25, 0.3) is 0 Å². The molecule has 4 heteroatoms. The van der Waals surface area contributed by atoms with Crippen molar-refractivity contribution < 1.29 is 4.79 Å². The Hall–Kier alpha value is 0.0700. The van der Waals surface area contributed by atoms with Crippen LogP contribution in [0.2, 0.25) is 0 Å². The Morgan fingerprint density at radius 2 is 2.31 bits per heavy atom. The van der Waals surface area contributed by atoms with Gasteiger partial charge in [0, 0.05) is 10.9 Å². The lowest BCUT2D eigenvalue weighted by molar-refractivity contribution is 0.0987. The maximum absolute atomic E-state index is 11.5. The number of allylic oxidation sites excluding steroid dienone is 1. The van der Waals surface area contributed by atoms with Gasteiger partial charge in [0.2, 0.25) is 0 Å². The molecule has 0 spiro atoms. The van der Waals surface area contributed by atoms with E-state index < -0.39 is 0 Å². The zero-order chi connectivity index (χ0) is 9.84. The first-order valence-corrected chi connectivity index (χ1v) is 6.14. The first-order valence-electron chi connectivity index (χ1n) is 3.74. The molecule has 0 amide bonds. The molecule has 0 unspecified atom stereocenters. The predicted molar refractivity (Wildman–Crippen MR) is 63.5 cm³/mol. The highest BCUT2D eigenvalue weighted by molar-refractivity contribution is 9.13. The van der Waals surface area contributed by atoms with Gasteiger partial charge in [0.05, 0.1) is 8.66 Å². The summed E-state index contributed by atoms with van der Waals surface area (Å²) in [6.07, 6.45) is 3.05. The van der Waals surface area contributed by atoms with Gasteiger partial charge < -0.3 is 0 Å². The number of halogens is 2. The van der Waals surface area contributed by atoms with E-state index in [1.54, 1.807) is 6.08 Å². The van der Waals surface area contributed by atoms with E-state index in [2.05, 4.69) is 38.4 Å². The number of carbonyl (C=O) groups excluding carboxylic acids is 1. The monoisotopic (exact) mass is 322 g/mol. The van der Waals surface area contributed by atoms with Gasteiger partial charge in [-0.05, 0) is 44.3 Å². The molecule has 0 N–H and O–H groups in total. The summed E-state index contributed by atoms with van der Waals surface area (Å²) in [5, 5.41) is 0. The van der Waals surface area contributed by atoms with Gasteiger partial charge in [-0.2, -0.15) is 0 Å². The van der Waals surface area contributed by atoms with Crippen LogP contribution in [0, 0.1) is 0 Å². The number of rotatable bonds is 4.